The van der Waals surface area contributed by atoms with Crippen LogP contribution in [0.15, 0.2) is 0 Å². The lowest BCUT2D eigenvalue weighted by Crippen LogP contribution is -2.09. The van der Waals surface area contributed by atoms with Gasteiger partial charge in [-0.2, -0.15) is 4.37 Å². The van der Waals surface area contributed by atoms with E-state index in [9.17, 15) is 0 Å². The molecule has 0 aliphatic rings. The van der Waals surface area contributed by atoms with E-state index < -0.39 is 0 Å². The predicted octanol–water partition coefficient (Wildman–Crippen LogP) is 1.96. The van der Waals surface area contributed by atoms with Crippen molar-refractivity contribution >= 4 is 22.4 Å². The Bertz CT molecular complexity index is 315. The Morgan fingerprint density at radius 1 is 1.50 bits per heavy atom. The molecule has 1 heterocycles. The first-order valence-electron chi connectivity index (χ1n) is 5.29. The first-order chi connectivity index (χ1) is 7.65. The minimum Gasteiger partial charge on any atom is -0.484 e. The van der Waals surface area contributed by atoms with E-state index in [4.69, 9.17) is 15.2 Å². The standard InChI is InChI=1S/C10H19N3O2S/c1-7(2)15-8-9(11)13-16-10(8)12-5-4-6-14-3/h7,12H,4-6H2,1-3H3,(H2,11,13). The first-order valence-corrected chi connectivity index (χ1v) is 6.07. The van der Waals surface area contributed by atoms with Crippen molar-refractivity contribution in [3.63, 3.8) is 0 Å². The quantitative estimate of drug-likeness (QED) is 0.719. The predicted molar refractivity (Wildman–Crippen MR) is 67.3 cm³/mol. The van der Waals surface area contributed by atoms with Crippen LogP contribution in [0.25, 0.3) is 0 Å². The van der Waals surface area contributed by atoms with Gasteiger partial charge >= 0.3 is 0 Å². The van der Waals surface area contributed by atoms with E-state index in [1.807, 2.05) is 13.8 Å². The monoisotopic (exact) mass is 245 g/mol. The number of nitrogens with one attached hydrogen (secondary N) is 1. The molecule has 0 aliphatic carbocycles. The number of hydrogen-bond acceptors (Lipinski definition) is 6. The van der Waals surface area contributed by atoms with Gasteiger partial charge in [0.1, 0.15) is 0 Å². The SMILES string of the molecule is COCCCNc1snc(N)c1OC(C)C. The summed E-state index contributed by atoms with van der Waals surface area (Å²) in [6.45, 7) is 5.49. The smallest absolute Gasteiger partial charge is 0.197 e. The summed E-state index contributed by atoms with van der Waals surface area (Å²) in [7, 11) is 1.69. The van der Waals surface area contributed by atoms with E-state index in [1.165, 1.54) is 11.5 Å². The van der Waals surface area contributed by atoms with Gasteiger partial charge in [0.25, 0.3) is 0 Å². The molecular weight excluding hydrogens is 226 g/mol. The van der Waals surface area contributed by atoms with Gasteiger partial charge in [0, 0.05) is 20.3 Å². The van der Waals surface area contributed by atoms with Crippen LogP contribution in [0, 0.1) is 0 Å². The second kappa shape index (κ2) is 6.55. The average molecular weight is 245 g/mol. The minimum atomic E-state index is 0.0956. The van der Waals surface area contributed by atoms with Gasteiger partial charge in [0.2, 0.25) is 0 Å². The van der Waals surface area contributed by atoms with Gasteiger partial charge in [-0.05, 0) is 31.8 Å². The summed E-state index contributed by atoms with van der Waals surface area (Å²) in [5, 5.41) is 4.14. The van der Waals surface area contributed by atoms with Crippen molar-refractivity contribution in [2.75, 3.05) is 31.3 Å². The van der Waals surface area contributed by atoms with Crippen LogP contribution in [-0.4, -0.2) is 30.7 Å². The lowest BCUT2D eigenvalue weighted by Gasteiger charge is -2.11. The van der Waals surface area contributed by atoms with Gasteiger partial charge in [-0.15, -0.1) is 0 Å². The normalized spacial score (nSPS) is 10.8. The lowest BCUT2D eigenvalue weighted by atomic mass is 10.4. The number of nitrogens with two attached hydrogens (primary N) is 1. The molecule has 1 aromatic heterocycles. The Morgan fingerprint density at radius 2 is 2.25 bits per heavy atom. The first kappa shape index (κ1) is 13.1. The van der Waals surface area contributed by atoms with Gasteiger partial charge in [0.05, 0.1) is 6.10 Å². The summed E-state index contributed by atoms with van der Waals surface area (Å²) in [5.41, 5.74) is 5.73. The van der Waals surface area contributed by atoms with Crippen molar-refractivity contribution < 1.29 is 9.47 Å². The number of nitrogens with zero attached hydrogens (tertiary/aromatic N) is 1. The van der Waals surface area contributed by atoms with Gasteiger partial charge in [0.15, 0.2) is 16.6 Å². The molecule has 0 fully saturated rings. The molecule has 1 rings (SSSR count). The molecule has 0 amide bonds. The zero-order valence-corrected chi connectivity index (χ0v) is 10.8. The highest BCUT2D eigenvalue weighted by Crippen LogP contribution is 2.35. The topological polar surface area (TPSA) is 69.4 Å². The average Bonchev–Trinajstić information content (AvgIpc) is 2.56. The van der Waals surface area contributed by atoms with Crippen LogP contribution in [0.4, 0.5) is 10.8 Å². The van der Waals surface area contributed by atoms with Crippen molar-refractivity contribution in [1.82, 2.24) is 4.37 Å². The van der Waals surface area contributed by atoms with Crippen molar-refractivity contribution in [3.8, 4) is 5.75 Å². The third-order valence-corrected chi connectivity index (χ3v) is 2.64. The van der Waals surface area contributed by atoms with Crippen LogP contribution >= 0.6 is 11.5 Å². The molecule has 92 valence electrons. The van der Waals surface area contributed by atoms with E-state index in [0.717, 1.165) is 24.6 Å². The molecule has 0 saturated heterocycles. The summed E-state index contributed by atoms with van der Waals surface area (Å²) < 4.78 is 14.6. The van der Waals surface area contributed by atoms with E-state index >= 15 is 0 Å². The fraction of sp³-hybridized carbons (Fsp3) is 0.700. The molecule has 5 nitrogen and oxygen atoms in total. The van der Waals surface area contributed by atoms with Gasteiger partial charge in [-0.1, -0.05) is 0 Å². The highest BCUT2D eigenvalue weighted by Gasteiger charge is 2.13. The number of ether oxygens (including phenoxy) is 2. The number of rotatable bonds is 7. The number of aromatic nitrogens is 1. The molecule has 6 heteroatoms. The summed E-state index contributed by atoms with van der Waals surface area (Å²) in [6.07, 6.45) is 1.04. The Hall–Kier alpha value is -1.01. The number of nitrogen functional groups attached to an aromatic ring is 1. The molecule has 1 aromatic rings. The molecule has 0 unspecified atom stereocenters. The molecule has 0 radical (unpaired) electrons. The molecule has 0 saturated carbocycles. The zero-order chi connectivity index (χ0) is 12.0. The van der Waals surface area contributed by atoms with Crippen molar-refractivity contribution in [2.45, 2.75) is 26.4 Å². The van der Waals surface area contributed by atoms with Gasteiger partial charge in [-0.3, -0.25) is 0 Å². The largest absolute Gasteiger partial charge is 0.484 e. The third-order valence-electron chi connectivity index (χ3n) is 1.84. The molecule has 3 N–H and O–H groups in total. The fourth-order valence-electron chi connectivity index (χ4n) is 1.17. The summed E-state index contributed by atoms with van der Waals surface area (Å²) in [5.74, 6) is 1.12. The van der Waals surface area contributed by atoms with Crippen molar-refractivity contribution in [2.24, 2.45) is 0 Å². The minimum absolute atomic E-state index is 0.0956. The Labute approximate surface area is 100 Å². The molecule has 0 aliphatic heterocycles. The summed E-state index contributed by atoms with van der Waals surface area (Å²) in [6, 6.07) is 0. The molecular formula is C10H19N3O2S. The van der Waals surface area contributed by atoms with Crippen LogP contribution in [0.3, 0.4) is 0 Å². The second-order valence-electron chi connectivity index (χ2n) is 3.67. The summed E-state index contributed by atoms with van der Waals surface area (Å²) >= 11 is 1.32. The van der Waals surface area contributed by atoms with Crippen LogP contribution in [-0.2, 0) is 4.74 Å². The third kappa shape index (κ3) is 3.86. The number of anilines is 2. The molecule has 0 bridgehead atoms. The molecule has 0 spiro atoms. The van der Waals surface area contributed by atoms with E-state index in [0.29, 0.717) is 11.6 Å². The summed E-state index contributed by atoms with van der Waals surface area (Å²) in [4.78, 5) is 0. The maximum absolute atomic E-state index is 5.73. The van der Waals surface area contributed by atoms with Gasteiger partial charge < -0.3 is 20.5 Å². The van der Waals surface area contributed by atoms with E-state index in [-0.39, 0.29) is 6.10 Å². The van der Waals surface area contributed by atoms with Crippen molar-refractivity contribution in [3.05, 3.63) is 0 Å². The maximum atomic E-state index is 5.73. The number of hydrogen-bond donors (Lipinski definition) is 2. The Morgan fingerprint density at radius 3 is 2.88 bits per heavy atom. The Balaban J connectivity index is 2.51. The maximum Gasteiger partial charge on any atom is 0.197 e. The highest BCUT2D eigenvalue weighted by molar-refractivity contribution is 7.11. The molecule has 16 heavy (non-hydrogen) atoms. The lowest BCUT2D eigenvalue weighted by molar-refractivity contribution is 0.197. The van der Waals surface area contributed by atoms with Crippen LogP contribution in [0.1, 0.15) is 20.3 Å². The van der Waals surface area contributed by atoms with E-state index in [2.05, 4.69) is 9.69 Å². The zero-order valence-electron chi connectivity index (χ0n) is 9.95. The van der Waals surface area contributed by atoms with Crippen LogP contribution in [0.2, 0.25) is 0 Å². The van der Waals surface area contributed by atoms with Crippen LogP contribution in [0.5, 0.6) is 5.75 Å². The molecule has 0 atom stereocenters. The van der Waals surface area contributed by atoms with Crippen LogP contribution < -0.4 is 15.8 Å². The fourth-order valence-corrected chi connectivity index (χ4v) is 1.85. The van der Waals surface area contributed by atoms with Gasteiger partial charge in [-0.25, -0.2) is 0 Å². The highest BCUT2D eigenvalue weighted by atomic mass is 32.1. The Kier molecular flexibility index (Phi) is 5.34. The van der Waals surface area contributed by atoms with E-state index in [1.54, 1.807) is 7.11 Å². The van der Waals surface area contributed by atoms with Crippen molar-refractivity contribution in [1.29, 1.82) is 0 Å². The number of methoxy groups -OCH3 is 1. The second-order valence-corrected chi connectivity index (χ2v) is 4.44. The molecule has 0 aromatic carbocycles.